The monoisotopic (exact) mass is 264 g/mol. The average molecular weight is 264 g/mol. The number of aliphatic hydroxyl groups excluding tert-OH is 1. The first-order valence-electron chi connectivity index (χ1n) is 7.13. The molecule has 1 aliphatic rings. The molecule has 1 aromatic heterocycles. The first-order valence-corrected chi connectivity index (χ1v) is 7.13. The molecule has 19 heavy (non-hydrogen) atoms. The van der Waals surface area contributed by atoms with Crippen molar-refractivity contribution in [2.75, 3.05) is 18.0 Å². The van der Waals surface area contributed by atoms with Gasteiger partial charge in [0.05, 0.1) is 29.3 Å². The summed E-state index contributed by atoms with van der Waals surface area (Å²) in [7, 11) is 0. The van der Waals surface area contributed by atoms with Crippen LogP contribution in [0.5, 0.6) is 0 Å². The van der Waals surface area contributed by atoms with Crippen molar-refractivity contribution in [2.45, 2.75) is 51.2 Å². The second-order valence-corrected chi connectivity index (χ2v) is 5.70. The van der Waals surface area contributed by atoms with E-state index in [-0.39, 0.29) is 0 Å². The first kappa shape index (κ1) is 14.3. The lowest BCUT2D eigenvalue weighted by molar-refractivity contribution is 0.0481. The molecule has 1 saturated heterocycles. The van der Waals surface area contributed by atoms with Crippen LogP contribution in [0, 0.1) is 0 Å². The fraction of sp³-hybridized carbons (Fsp3) is 0.667. The van der Waals surface area contributed by atoms with Crippen molar-refractivity contribution >= 4 is 5.69 Å². The molecule has 106 valence electrons. The maximum Gasteiger partial charge on any atom is 0.0957 e. The van der Waals surface area contributed by atoms with Crippen LogP contribution in [-0.2, 0) is 0 Å². The second-order valence-electron chi connectivity index (χ2n) is 5.70. The van der Waals surface area contributed by atoms with Crippen molar-refractivity contribution in [1.82, 2.24) is 4.98 Å². The molecule has 0 bridgehead atoms. The highest BCUT2D eigenvalue weighted by Crippen LogP contribution is 2.25. The highest BCUT2D eigenvalue weighted by atomic mass is 16.3. The lowest BCUT2D eigenvalue weighted by Crippen LogP contribution is -2.28. The Morgan fingerprint density at radius 3 is 2.79 bits per heavy atom. The van der Waals surface area contributed by atoms with Gasteiger partial charge in [0.1, 0.15) is 0 Å². The van der Waals surface area contributed by atoms with Crippen LogP contribution in [0.25, 0.3) is 0 Å². The molecule has 4 nitrogen and oxygen atoms in total. The lowest BCUT2D eigenvalue weighted by atomic mass is 9.98. The number of rotatable bonds is 3. The van der Waals surface area contributed by atoms with Crippen molar-refractivity contribution in [3.05, 3.63) is 24.0 Å². The van der Waals surface area contributed by atoms with E-state index in [0.29, 0.717) is 6.42 Å². The average Bonchev–Trinajstić information content (AvgIpc) is 2.59. The molecule has 0 amide bonds. The Labute approximate surface area is 115 Å². The third-order valence-corrected chi connectivity index (χ3v) is 3.93. The molecular formula is C15H24N2O2. The Bertz CT molecular complexity index is 403. The molecule has 0 aromatic carbocycles. The standard InChI is InChI=1S/C15H24N2O2/c1-3-14(18)13-6-5-12(11-16-13)17-9-4-7-15(2,19)8-10-17/h5-6,11,14,18-19H,3-4,7-10H2,1-2H3/t14-,15?/m0/s1. The molecule has 0 aliphatic carbocycles. The lowest BCUT2D eigenvalue weighted by Gasteiger charge is -2.24. The number of nitrogens with zero attached hydrogens (tertiary/aromatic N) is 2. The van der Waals surface area contributed by atoms with Crippen LogP contribution < -0.4 is 4.90 Å². The zero-order valence-corrected chi connectivity index (χ0v) is 11.8. The summed E-state index contributed by atoms with van der Waals surface area (Å²) in [5.74, 6) is 0. The van der Waals surface area contributed by atoms with Gasteiger partial charge in [0, 0.05) is 13.1 Å². The first-order chi connectivity index (χ1) is 9.02. The normalized spacial score (nSPS) is 26.0. The van der Waals surface area contributed by atoms with Gasteiger partial charge >= 0.3 is 0 Å². The van der Waals surface area contributed by atoms with E-state index in [1.807, 2.05) is 32.2 Å². The van der Waals surface area contributed by atoms with Gasteiger partial charge in [-0.15, -0.1) is 0 Å². The molecule has 0 spiro atoms. The molecule has 1 aromatic rings. The van der Waals surface area contributed by atoms with E-state index in [1.54, 1.807) is 0 Å². The van der Waals surface area contributed by atoms with Gasteiger partial charge in [-0.2, -0.15) is 0 Å². The summed E-state index contributed by atoms with van der Waals surface area (Å²) in [4.78, 5) is 6.60. The maximum absolute atomic E-state index is 10.1. The number of aliphatic hydroxyl groups is 2. The maximum atomic E-state index is 10.1. The van der Waals surface area contributed by atoms with Crippen LogP contribution in [0.15, 0.2) is 18.3 Å². The van der Waals surface area contributed by atoms with Gasteiger partial charge in [-0.3, -0.25) is 4.98 Å². The Morgan fingerprint density at radius 2 is 2.16 bits per heavy atom. The Hall–Kier alpha value is -1.13. The molecule has 4 heteroatoms. The summed E-state index contributed by atoms with van der Waals surface area (Å²) in [6, 6.07) is 3.91. The predicted octanol–water partition coefficient (Wildman–Crippen LogP) is 2.27. The Kier molecular flexibility index (Phi) is 4.42. The Morgan fingerprint density at radius 1 is 1.37 bits per heavy atom. The minimum Gasteiger partial charge on any atom is -0.390 e. The van der Waals surface area contributed by atoms with E-state index in [0.717, 1.165) is 43.7 Å². The number of hydrogen-bond acceptors (Lipinski definition) is 4. The van der Waals surface area contributed by atoms with Gasteiger partial charge < -0.3 is 15.1 Å². The minimum absolute atomic E-state index is 0.473. The summed E-state index contributed by atoms with van der Waals surface area (Å²) in [6.45, 7) is 5.66. The fourth-order valence-electron chi connectivity index (χ4n) is 2.51. The molecule has 2 rings (SSSR count). The van der Waals surface area contributed by atoms with Crippen molar-refractivity contribution < 1.29 is 10.2 Å². The molecule has 2 atom stereocenters. The summed E-state index contributed by atoms with van der Waals surface area (Å²) in [5, 5.41) is 19.8. The highest BCUT2D eigenvalue weighted by molar-refractivity contribution is 5.45. The van der Waals surface area contributed by atoms with Gasteiger partial charge in [-0.25, -0.2) is 0 Å². The smallest absolute Gasteiger partial charge is 0.0957 e. The summed E-state index contributed by atoms with van der Waals surface area (Å²) >= 11 is 0. The van der Waals surface area contributed by atoms with Gasteiger partial charge in [-0.1, -0.05) is 6.92 Å². The topological polar surface area (TPSA) is 56.6 Å². The van der Waals surface area contributed by atoms with Crippen molar-refractivity contribution in [3.8, 4) is 0 Å². The van der Waals surface area contributed by atoms with E-state index in [9.17, 15) is 10.2 Å². The fourth-order valence-corrected chi connectivity index (χ4v) is 2.51. The quantitative estimate of drug-likeness (QED) is 0.879. The molecule has 1 unspecified atom stereocenters. The van der Waals surface area contributed by atoms with E-state index < -0.39 is 11.7 Å². The van der Waals surface area contributed by atoms with Gasteiger partial charge in [0.2, 0.25) is 0 Å². The Balaban J connectivity index is 2.05. The van der Waals surface area contributed by atoms with E-state index in [4.69, 9.17) is 0 Å². The number of anilines is 1. The summed E-state index contributed by atoms with van der Waals surface area (Å²) in [6.07, 6.45) is 4.66. The van der Waals surface area contributed by atoms with Crippen molar-refractivity contribution in [2.24, 2.45) is 0 Å². The third kappa shape index (κ3) is 3.67. The summed E-state index contributed by atoms with van der Waals surface area (Å²) < 4.78 is 0. The van der Waals surface area contributed by atoms with Gasteiger partial charge in [0.25, 0.3) is 0 Å². The second kappa shape index (κ2) is 5.88. The highest BCUT2D eigenvalue weighted by Gasteiger charge is 2.25. The van der Waals surface area contributed by atoms with Gasteiger partial charge in [-0.05, 0) is 44.7 Å². The minimum atomic E-state index is -0.541. The molecule has 0 radical (unpaired) electrons. The molecule has 1 aliphatic heterocycles. The predicted molar refractivity (Wildman–Crippen MR) is 76.2 cm³/mol. The number of pyridine rings is 1. The molecule has 2 heterocycles. The van der Waals surface area contributed by atoms with Crippen LogP contribution in [0.3, 0.4) is 0 Å². The van der Waals surface area contributed by atoms with Crippen molar-refractivity contribution in [1.29, 1.82) is 0 Å². The number of aromatic nitrogens is 1. The van der Waals surface area contributed by atoms with Crippen LogP contribution in [0.2, 0.25) is 0 Å². The number of hydrogen-bond donors (Lipinski definition) is 2. The third-order valence-electron chi connectivity index (χ3n) is 3.93. The molecule has 2 N–H and O–H groups in total. The van der Waals surface area contributed by atoms with Crippen LogP contribution in [0.4, 0.5) is 5.69 Å². The van der Waals surface area contributed by atoms with Crippen LogP contribution in [-0.4, -0.2) is 33.9 Å². The van der Waals surface area contributed by atoms with E-state index >= 15 is 0 Å². The zero-order valence-electron chi connectivity index (χ0n) is 11.8. The van der Waals surface area contributed by atoms with Crippen molar-refractivity contribution in [3.63, 3.8) is 0 Å². The van der Waals surface area contributed by atoms with Gasteiger partial charge in [0.15, 0.2) is 0 Å². The van der Waals surface area contributed by atoms with E-state index in [2.05, 4.69) is 9.88 Å². The zero-order chi connectivity index (χ0) is 13.9. The van der Waals surface area contributed by atoms with Crippen LogP contribution >= 0.6 is 0 Å². The molecular weight excluding hydrogens is 240 g/mol. The summed E-state index contributed by atoms with van der Waals surface area (Å²) in [5.41, 5.74) is 1.26. The molecule has 0 saturated carbocycles. The van der Waals surface area contributed by atoms with Crippen LogP contribution in [0.1, 0.15) is 51.3 Å². The van der Waals surface area contributed by atoms with E-state index in [1.165, 1.54) is 0 Å². The largest absolute Gasteiger partial charge is 0.390 e. The molecule has 1 fully saturated rings. The SMILES string of the molecule is CC[C@H](O)c1ccc(N2CCCC(C)(O)CC2)cn1.